The van der Waals surface area contributed by atoms with E-state index >= 15 is 0 Å². The monoisotopic (exact) mass is 857 g/mol. The smallest absolute Gasteiger partial charge is 0.448 e. The van der Waals surface area contributed by atoms with Gasteiger partial charge in [0.2, 0.25) is 12.4 Å². The van der Waals surface area contributed by atoms with E-state index in [-0.39, 0.29) is 43.6 Å². The Morgan fingerprint density at radius 3 is 1.71 bits per heavy atom. The predicted octanol–water partition coefficient (Wildman–Crippen LogP) is 10.4. The van der Waals surface area contributed by atoms with Crippen LogP contribution < -0.4 is 0 Å². The van der Waals surface area contributed by atoms with Gasteiger partial charge >= 0.3 is 18.3 Å². The van der Waals surface area contributed by atoms with Gasteiger partial charge in [0.25, 0.3) is 5.90 Å². The lowest BCUT2D eigenvalue weighted by Crippen LogP contribution is -2.63. The Balaban J connectivity index is 1.16. The standard InChI is InChI=1S/C50H42F3NO9/c51-50(52,53)48(54-36-23-11-4-12-24-36)63-47-45(61-46(55)35-21-9-3-10-22-35)44(62-49(56)59-31-41-39-27-15-13-25-37(39)38-26-14-16-28-40(38)41)43(58-30-34-19-7-2-8-20-34)42(60-47)32-57-29-33-17-5-1-6-18-33/h1-28,41-45,47H,29-32H2/t42-,43+,44+,45-,47?/m1/s1. The number of rotatable bonds is 14. The van der Waals surface area contributed by atoms with Gasteiger partial charge in [-0.2, -0.15) is 13.2 Å². The van der Waals surface area contributed by atoms with Crippen LogP contribution in [0.25, 0.3) is 11.1 Å². The summed E-state index contributed by atoms with van der Waals surface area (Å²) in [4.78, 5) is 31.7. The molecule has 10 nitrogen and oxygen atoms in total. The molecule has 1 fully saturated rings. The Bertz CT molecular complexity index is 2430. The van der Waals surface area contributed by atoms with Crippen molar-refractivity contribution >= 4 is 23.7 Å². The van der Waals surface area contributed by atoms with E-state index in [1.165, 1.54) is 36.4 Å². The number of fused-ring (bicyclic) bond motifs is 3. The maximum atomic E-state index is 14.9. The lowest BCUT2D eigenvalue weighted by atomic mass is 9.97. The number of alkyl halides is 3. The molecule has 2 aliphatic rings. The number of para-hydroxylation sites is 1. The maximum absolute atomic E-state index is 14.9. The SMILES string of the molecule is O=C(OCC1c2ccccc2-c2ccccc21)O[C@H]1[C@@H](OCc2ccccc2)[C@@H](COCc2ccccc2)OC(OC(=Nc2ccccc2)C(F)(F)F)[C@@H]1OC(=O)c1ccccc1. The molecule has 0 amide bonds. The number of halogens is 3. The van der Waals surface area contributed by atoms with Gasteiger partial charge in [-0.15, -0.1) is 0 Å². The Kier molecular flexibility index (Phi) is 13.6. The number of nitrogens with zero attached hydrogens (tertiary/aromatic N) is 1. The molecule has 8 rings (SSSR count). The first-order valence-corrected chi connectivity index (χ1v) is 20.3. The summed E-state index contributed by atoms with van der Waals surface area (Å²) < 4.78 is 87.0. The molecule has 0 aromatic heterocycles. The van der Waals surface area contributed by atoms with E-state index in [1.54, 1.807) is 48.5 Å². The van der Waals surface area contributed by atoms with Crippen molar-refractivity contribution in [3.05, 3.63) is 198 Å². The summed E-state index contributed by atoms with van der Waals surface area (Å²) in [6, 6.07) is 49.0. The topological polar surface area (TPSA) is 111 Å². The average molecular weight is 858 g/mol. The minimum atomic E-state index is -5.16. The molecular formula is C50H42F3NO9. The molecule has 13 heteroatoms. The number of benzene rings is 6. The van der Waals surface area contributed by atoms with Crippen LogP contribution in [0.15, 0.2) is 175 Å². The Morgan fingerprint density at radius 2 is 1.11 bits per heavy atom. The first kappa shape index (κ1) is 42.9. The van der Waals surface area contributed by atoms with Crippen molar-refractivity contribution in [2.75, 3.05) is 13.2 Å². The largest absolute Gasteiger partial charge is 0.508 e. The zero-order valence-electron chi connectivity index (χ0n) is 33.7. The number of esters is 1. The quantitative estimate of drug-likeness (QED) is 0.0600. The summed E-state index contributed by atoms with van der Waals surface area (Å²) in [6.45, 7) is -0.408. The predicted molar refractivity (Wildman–Crippen MR) is 226 cm³/mol. The normalized spacial score (nSPS) is 19.7. The molecule has 5 atom stereocenters. The highest BCUT2D eigenvalue weighted by atomic mass is 19.4. The van der Waals surface area contributed by atoms with Gasteiger partial charge in [0, 0.05) is 5.92 Å². The highest BCUT2D eigenvalue weighted by molar-refractivity contribution is 5.89. The highest BCUT2D eigenvalue weighted by Gasteiger charge is 2.55. The van der Waals surface area contributed by atoms with E-state index in [1.807, 2.05) is 84.9 Å². The first-order valence-electron chi connectivity index (χ1n) is 20.3. The second-order valence-corrected chi connectivity index (χ2v) is 14.8. The van der Waals surface area contributed by atoms with Crippen LogP contribution in [-0.4, -0.2) is 68.1 Å². The molecule has 0 N–H and O–H groups in total. The fraction of sp³-hybridized carbons (Fsp3) is 0.220. The number of carbonyl (C=O) groups is 2. The van der Waals surface area contributed by atoms with Crippen molar-refractivity contribution in [2.45, 2.75) is 56.0 Å². The van der Waals surface area contributed by atoms with Crippen LogP contribution in [0, 0.1) is 0 Å². The minimum absolute atomic E-state index is 0.0557. The first-order chi connectivity index (χ1) is 30.7. The van der Waals surface area contributed by atoms with Crippen molar-refractivity contribution < 1.29 is 55.9 Å². The molecule has 0 spiro atoms. The second kappa shape index (κ2) is 19.9. The zero-order valence-corrected chi connectivity index (χ0v) is 33.7. The van der Waals surface area contributed by atoms with Crippen molar-refractivity contribution in [2.24, 2.45) is 4.99 Å². The molecule has 1 heterocycles. The lowest BCUT2D eigenvalue weighted by Gasteiger charge is -2.44. The number of hydrogen-bond acceptors (Lipinski definition) is 10. The number of ether oxygens (including phenoxy) is 7. The van der Waals surface area contributed by atoms with Gasteiger partial charge in [0.15, 0.2) is 6.10 Å². The molecule has 6 aromatic rings. The Hall–Kier alpha value is -6.80. The second-order valence-electron chi connectivity index (χ2n) is 14.8. The van der Waals surface area contributed by atoms with E-state index in [0.717, 1.165) is 27.8 Å². The van der Waals surface area contributed by atoms with Gasteiger partial charge in [-0.05, 0) is 57.6 Å². The van der Waals surface area contributed by atoms with Crippen LogP contribution in [0.4, 0.5) is 23.7 Å². The van der Waals surface area contributed by atoms with Crippen molar-refractivity contribution in [1.29, 1.82) is 0 Å². The molecule has 63 heavy (non-hydrogen) atoms. The summed E-state index contributed by atoms with van der Waals surface area (Å²) in [7, 11) is 0. The molecule has 1 saturated heterocycles. The summed E-state index contributed by atoms with van der Waals surface area (Å²) >= 11 is 0. The summed E-state index contributed by atoms with van der Waals surface area (Å²) in [6.07, 6.45) is -14.6. The molecule has 1 unspecified atom stereocenters. The van der Waals surface area contributed by atoms with Crippen molar-refractivity contribution in [3.8, 4) is 11.1 Å². The lowest BCUT2D eigenvalue weighted by molar-refractivity contribution is -0.297. The minimum Gasteiger partial charge on any atom is -0.448 e. The van der Waals surface area contributed by atoms with E-state index in [9.17, 15) is 22.8 Å². The fourth-order valence-electron chi connectivity index (χ4n) is 7.59. The molecule has 1 aliphatic carbocycles. The molecule has 1 aliphatic heterocycles. The van der Waals surface area contributed by atoms with Gasteiger partial charge in [0.1, 0.15) is 18.8 Å². The summed E-state index contributed by atoms with van der Waals surface area (Å²) in [5.74, 6) is -3.02. The van der Waals surface area contributed by atoms with Crippen LogP contribution in [0.2, 0.25) is 0 Å². The van der Waals surface area contributed by atoms with Gasteiger partial charge < -0.3 is 33.2 Å². The van der Waals surface area contributed by atoms with Crippen molar-refractivity contribution in [3.63, 3.8) is 0 Å². The van der Waals surface area contributed by atoms with Crippen LogP contribution in [-0.2, 0) is 46.4 Å². The van der Waals surface area contributed by atoms with Crippen LogP contribution in [0.1, 0.15) is 38.5 Å². The van der Waals surface area contributed by atoms with Gasteiger partial charge in [-0.25, -0.2) is 14.6 Å². The van der Waals surface area contributed by atoms with Crippen LogP contribution in [0.5, 0.6) is 0 Å². The van der Waals surface area contributed by atoms with E-state index in [0.29, 0.717) is 5.56 Å². The van der Waals surface area contributed by atoms with Gasteiger partial charge in [-0.1, -0.05) is 146 Å². The molecule has 322 valence electrons. The van der Waals surface area contributed by atoms with Gasteiger partial charge in [0.05, 0.1) is 31.1 Å². The molecule has 6 aromatic carbocycles. The number of aliphatic imine (C=N–C) groups is 1. The highest BCUT2D eigenvalue weighted by Crippen LogP contribution is 2.44. The maximum Gasteiger partial charge on any atom is 0.508 e. The third-order valence-corrected chi connectivity index (χ3v) is 10.5. The fourth-order valence-corrected chi connectivity index (χ4v) is 7.59. The van der Waals surface area contributed by atoms with Crippen LogP contribution in [0.3, 0.4) is 0 Å². The van der Waals surface area contributed by atoms with Crippen LogP contribution >= 0.6 is 0 Å². The number of hydrogen-bond donors (Lipinski definition) is 0. The summed E-state index contributed by atoms with van der Waals surface area (Å²) in [5.41, 5.74) is 5.38. The van der Waals surface area contributed by atoms with E-state index in [4.69, 9.17) is 33.2 Å². The Labute approximate surface area is 361 Å². The molecular weight excluding hydrogens is 816 g/mol. The van der Waals surface area contributed by atoms with E-state index < -0.39 is 54.9 Å². The molecule has 0 bridgehead atoms. The molecule has 0 saturated carbocycles. The average Bonchev–Trinajstić information content (AvgIpc) is 3.63. The van der Waals surface area contributed by atoms with Crippen molar-refractivity contribution in [1.82, 2.24) is 0 Å². The van der Waals surface area contributed by atoms with Gasteiger partial charge in [-0.3, -0.25) is 0 Å². The van der Waals surface area contributed by atoms with E-state index in [2.05, 4.69) is 4.99 Å². The number of carbonyl (C=O) groups excluding carboxylic acids is 2. The third-order valence-electron chi connectivity index (χ3n) is 10.5. The summed E-state index contributed by atoms with van der Waals surface area (Å²) in [5, 5.41) is 0. The zero-order chi connectivity index (χ0) is 43.6. The molecule has 0 radical (unpaired) electrons. The Morgan fingerprint density at radius 1 is 0.571 bits per heavy atom. The third kappa shape index (κ3) is 10.6.